The lowest BCUT2D eigenvalue weighted by Gasteiger charge is -2.23. The van der Waals surface area contributed by atoms with E-state index in [0.717, 1.165) is 5.56 Å². The number of amides is 1. The lowest BCUT2D eigenvalue weighted by molar-refractivity contribution is 0.0745. The number of furan rings is 1. The number of hydrogen-bond donors (Lipinski definition) is 0. The van der Waals surface area contributed by atoms with E-state index in [1.807, 2.05) is 6.92 Å². The van der Waals surface area contributed by atoms with E-state index in [2.05, 4.69) is 0 Å². The molecule has 5 nitrogen and oxygen atoms in total. The molecule has 1 amide bonds. The third kappa shape index (κ3) is 2.29. The molecular formula is C12H17NO4S. The van der Waals surface area contributed by atoms with Gasteiger partial charge in [0.2, 0.25) is 0 Å². The lowest BCUT2D eigenvalue weighted by Crippen LogP contribution is -2.38. The summed E-state index contributed by atoms with van der Waals surface area (Å²) >= 11 is 0. The molecule has 1 fully saturated rings. The Morgan fingerprint density at radius 3 is 2.56 bits per heavy atom. The molecule has 6 heteroatoms. The van der Waals surface area contributed by atoms with Crippen LogP contribution in [0, 0.1) is 13.8 Å². The van der Waals surface area contributed by atoms with Crippen molar-refractivity contribution in [3.8, 4) is 0 Å². The molecule has 2 heterocycles. The van der Waals surface area contributed by atoms with Gasteiger partial charge < -0.3 is 9.32 Å². The van der Waals surface area contributed by atoms with Gasteiger partial charge in [0.1, 0.15) is 5.76 Å². The topological polar surface area (TPSA) is 67.6 Å². The van der Waals surface area contributed by atoms with Gasteiger partial charge in [-0.25, -0.2) is 8.42 Å². The van der Waals surface area contributed by atoms with Gasteiger partial charge in [0.15, 0.2) is 9.84 Å². The predicted octanol–water partition coefficient (Wildman–Crippen LogP) is 1.16. The first-order valence-electron chi connectivity index (χ1n) is 5.84. The maximum absolute atomic E-state index is 12.3. The van der Waals surface area contributed by atoms with Crippen LogP contribution in [-0.2, 0) is 9.84 Å². The summed E-state index contributed by atoms with van der Waals surface area (Å²) in [5.74, 6) is 0.634. The van der Waals surface area contributed by atoms with Crippen LogP contribution in [0.1, 0.15) is 28.1 Å². The van der Waals surface area contributed by atoms with Crippen LogP contribution in [0.15, 0.2) is 10.7 Å². The average Bonchev–Trinajstić information content (AvgIpc) is 2.80. The van der Waals surface area contributed by atoms with Crippen LogP contribution in [0.2, 0.25) is 0 Å². The standard InChI is InChI=1S/C12H17NO4S/c1-8-6-17-9(2)11(8)12(14)13(3)10-4-5-18(15,16)7-10/h6,10H,4-5,7H2,1-3H3. The highest BCUT2D eigenvalue weighted by Gasteiger charge is 2.34. The monoisotopic (exact) mass is 271 g/mol. The van der Waals surface area contributed by atoms with Crippen LogP contribution >= 0.6 is 0 Å². The molecule has 0 aromatic carbocycles. The first-order chi connectivity index (χ1) is 8.32. The van der Waals surface area contributed by atoms with Crippen LogP contribution in [0.5, 0.6) is 0 Å². The lowest BCUT2D eigenvalue weighted by atomic mass is 10.1. The molecule has 1 unspecified atom stereocenters. The summed E-state index contributed by atoms with van der Waals surface area (Å²) in [7, 11) is -1.33. The molecule has 0 aliphatic carbocycles. The minimum absolute atomic E-state index is 0.0607. The Morgan fingerprint density at radius 1 is 1.44 bits per heavy atom. The quantitative estimate of drug-likeness (QED) is 0.809. The fourth-order valence-electron chi connectivity index (χ4n) is 2.31. The van der Waals surface area contributed by atoms with Crippen molar-refractivity contribution < 1.29 is 17.6 Å². The Hall–Kier alpha value is -1.30. The molecule has 1 atom stereocenters. The van der Waals surface area contributed by atoms with Gasteiger partial charge >= 0.3 is 0 Å². The van der Waals surface area contributed by atoms with Gasteiger partial charge in [-0.05, 0) is 20.3 Å². The van der Waals surface area contributed by atoms with Crippen LogP contribution < -0.4 is 0 Å². The fraction of sp³-hybridized carbons (Fsp3) is 0.583. The number of carbonyl (C=O) groups is 1. The molecule has 1 aliphatic rings. The zero-order valence-corrected chi connectivity index (χ0v) is 11.6. The van der Waals surface area contributed by atoms with Gasteiger partial charge in [0, 0.05) is 18.7 Å². The van der Waals surface area contributed by atoms with Crippen LogP contribution in [0.25, 0.3) is 0 Å². The number of carbonyl (C=O) groups excluding carboxylic acids is 1. The third-order valence-corrected chi connectivity index (χ3v) is 5.20. The van der Waals surface area contributed by atoms with E-state index in [1.165, 1.54) is 4.90 Å². The van der Waals surface area contributed by atoms with Crippen molar-refractivity contribution in [3.63, 3.8) is 0 Å². The second-order valence-electron chi connectivity index (χ2n) is 4.82. The van der Waals surface area contributed by atoms with E-state index in [0.29, 0.717) is 17.7 Å². The van der Waals surface area contributed by atoms with Crippen molar-refractivity contribution in [3.05, 3.63) is 23.2 Å². The molecule has 0 N–H and O–H groups in total. The summed E-state index contributed by atoms with van der Waals surface area (Å²) in [6, 6.07) is -0.226. The van der Waals surface area contributed by atoms with Crippen molar-refractivity contribution in [2.75, 3.05) is 18.6 Å². The van der Waals surface area contributed by atoms with Crippen molar-refractivity contribution in [1.82, 2.24) is 4.90 Å². The highest BCUT2D eigenvalue weighted by molar-refractivity contribution is 7.91. The van der Waals surface area contributed by atoms with Crippen molar-refractivity contribution in [2.24, 2.45) is 0 Å². The first-order valence-corrected chi connectivity index (χ1v) is 7.66. The third-order valence-electron chi connectivity index (χ3n) is 3.45. The molecule has 0 radical (unpaired) electrons. The smallest absolute Gasteiger partial charge is 0.257 e. The molecule has 0 spiro atoms. The maximum Gasteiger partial charge on any atom is 0.257 e. The second-order valence-corrected chi connectivity index (χ2v) is 7.05. The van der Waals surface area contributed by atoms with E-state index < -0.39 is 9.84 Å². The van der Waals surface area contributed by atoms with E-state index in [1.54, 1.807) is 20.2 Å². The highest BCUT2D eigenvalue weighted by atomic mass is 32.2. The summed E-state index contributed by atoms with van der Waals surface area (Å²) in [6.07, 6.45) is 2.06. The first kappa shape index (κ1) is 13.1. The number of sulfone groups is 1. The molecule has 0 saturated carbocycles. The van der Waals surface area contributed by atoms with Gasteiger partial charge in [-0.15, -0.1) is 0 Å². The Bertz CT molecular complexity index is 553. The predicted molar refractivity (Wildman–Crippen MR) is 67.3 cm³/mol. The largest absolute Gasteiger partial charge is 0.469 e. The molecule has 1 saturated heterocycles. The molecule has 100 valence electrons. The second kappa shape index (κ2) is 4.42. The van der Waals surface area contributed by atoms with Crippen molar-refractivity contribution >= 4 is 15.7 Å². The van der Waals surface area contributed by atoms with Crippen LogP contribution in [0.4, 0.5) is 0 Å². The molecule has 1 aliphatic heterocycles. The SMILES string of the molecule is Cc1coc(C)c1C(=O)N(C)C1CCS(=O)(=O)C1. The van der Waals surface area contributed by atoms with Crippen molar-refractivity contribution in [1.29, 1.82) is 0 Å². The molecule has 1 aromatic rings. The van der Waals surface area contributed by atoms with Gasteiger partial charge in [0.25, 0.3) is 5.91 Å². The Balaban J connectivity index is 2.20. The maximum atomic E-state index is 12.3. The van der Waals surface area contributed by atoms with E-state index in [-0.39, 0.29) is 23.5 Å². The molecular weight excluding hydrogens is 254 g/mol. The number of nitrogens with zero attached hydrogens (tertiary/aromatic N) is 1. The summed E-state index contributed by atoms with van der Waals surface area (Å²) in [6.45, 7) is 3.54. The fourth-order valence-corrected chi connectivity index (χ4v) is 4.09. The zero-order valence-electron chi connectivity index (χ0n) is 10.8. The molecule has 1 aromatic heterocycles. The summed E-state index contributed by atoms with van der Waals surface area (Å²) < 4.78 is 28.1. The summed E-state index contributed by atoms with van der Waals surface area (Å²) in [5, 5.41) is 0. The Kier molecular flexibility index (Phi) is 3.23. The highest BCUT2D eigenvalue weighted by Crippen LogP contribution is 2.22. The van der Waals surface area contributed by atoms with Gasteiger partial charge in [-0.2, -0.15) is 0 Å². The minimum atomic E-state index is -2.98. The van der Waals surface area contributed by atoms with Gasteiger partial charge in [0.05, 0.1) is 23.3 Å². The van der Waals surface area contributed by atoms with Crippen molar-refractivity contribution in [2.45, 2.75) is 26.3 Å². The molecule has 18 heavy (non-hydrogen) atoms. The Labute approximate surface area is 107 Å². The van der Waals surface area contributed by atoms with Gasteiger partial charge in [-0.3, -0.25) is 4.79 Å². The number of rotatable bonds is 2. The zero-order chi connectivity index (χ0) is 13.5. The van der Waals surface area contributed by atoms with Gasteiger partial charge in [-0.1, -0.05) is 0 Å². The molecule has 2 rings (SSSR count). The molecule has 0 bridgehead atoms. The summed E-state index contributed by atoms with van der Waals surface area (Å²) in [4.78, 5) is 13.8. The van der Waals surface area contributed by atoms with Crippen LogP contribution in [-0.4, -0.2) is 43.8 Å². The van der Waals surface area contributed by atoms with E-state index in [9.17, 15) is 13.2 Å². The summed E-state index contributed by atoms with van der Waals surface area (Å²) in [5.41, 5.74) is 1.33. The van der Waals surface area contributed by atoms with E-state index in [4.69, 9.17) is 4.42 Å². The van der Waals surface area contributed by atoms with Crippen LogP contribution in [0.3, 0.4) is 0 Å². The Morgan fingerprint density at radius 2 is 2.11 bits per heavy atom. The minimum Gasteiger partial charge on any atom is -0.469 e. The number of hydrogen-bond acceptors (Lipinski definition) is 4. The normalized spacial score (nSPS) is 22.1. The number of aryl methyl sites for hydroxylation is 2. The average molecular weight is 271 g/mol. The van der Waals surface area contributed by atoms with E-state index >= 15 is 0 Å².